The Kier molecular flexibility index (Phi) is 7.59. The Balaban J connectivity index is 1.33. The molecule has 4 aliphatic rings. The van der Waals surface area contributed by atoms with Crippen molar-refractivity contribution in [3.05, 3.63) is 129 Å². The van der Waals surface area contributed by atoms with Crippen molar-refractivity contribution in [2.45, 2.75) is 24.2 Å². The van der Waals surface area contributed by atoms with Crippen molar-refractivity contribution in [3.63, 3.8) is 0 Å². The largest absolute Gasteiger partial charge is 0.508 e. The number of imide groups is 2. The van der Waals surface area contributed by atoms with E-state index in [9.17, 15) is 34.5 Å². The van der Waals surface area contributed by atoms with E-state index in [0.29, 0.717) is 21.7 Å². The fourth-order valence-corrected chi connectivity index (χ4v) is 9.40. The molecule has 12 heteroatoms. The summed E-state index contributed by atoms with van der Waals surface area (Å²) in [6, 6.07) is 23.4. The maximum absolute atomic E-state index is 15.3. The van der Waals surface area contributed by atoms with Gasteiger partial charge in [-0.3, -0.25) is 19.2 Å². The highest BCUT2D eigenvalue weighted by molar-refractivity contribution is 6.33. The first kappa shape index (κ1) is 32.7. The number of benzene rings is 4. The third-order valence-electron chi connectivity index (χ3n) is 10.9. The predicted molar refractivity (Wildman–Crippen MR) is 187 cm³/mol. The maximum atomic E-state index is 15.3. The number of anilines is 2. The zero-order chi connectivity index (χ0) is 35.9. The van der Waals surface area contributed by atoms with E-state index >= 15 is 4.79 Å². The summed E-state index contributed by atoms with van der Waals surface area (Å²) in [6.07, 6.45) is 2.06. The van der Waals surface area contributed by atoms with Crippen LogP contribution < -0.4 is 9.80 Å². The molecule has 6 atom stereocenters. The average molecular weight is 724 g/mol. The number of carboxylic acid groups (broad SMARTS) is 1. The molecule has 0 unspecified atom stereocenters. The Morgan fingerprint density at radius 3 is 2.20 bits per heavy atom. The summed E-state index contributed by atoms with van der Waals surface area (Å²) in [4.78, 5) is 72.2. The van der Waals surface area contributed by atoms with Gasteiger partial charge in [0.1, 0.15) is 17.1 Å². The van der Waals surface area contributed by atoms with Crippen LogP contribution in [0, 0.1) is 23.7 Å². The Morgan fingerprint density at radius 1 is 0.765 bits per heavy atom. The third kappa shape index (κ3) is 4.66. The molecule has 0 radical (unpaired) electrons. The van der Waals surface area contributed by atoms with E-state index in [4.69, 9.17) is 23.2 Å². The van der Waals surface area contributed by atoms with Gasteiger partial charge in [-0.2, -0.15) is 0 Å². The van der Waals surface area contributed by atoms with Gasteiger partial charge in [0.05, 0.1) is 34.5 Å². The first-order chi connectivity index (χ1) is 24.4. The van der Waals surface area contributed by atoms with Crippen molar-refractivity contribution >= 4 is 64.2 Å². The fraction of sp³-hybridized carbons (Fsp3) is 0.205. The number of amides is 4. The molecule has 256 valence electrons. The molecule has 2 aliphatic carbocycles. The minimum Gasteiger partial charge on any atom is -0.508 e. The third-order valence-corrected chi connectivity index (χ3v) is 11.5. The van der Waals surface area contributed by atoms with Crippen LogP contribution in [0.25, 0.3) is 0 Å². The number of rotatable bonds is 5. The number of carbonyl (C=O) groups is 5. The van der Waals surface area contributed by atoms with Crippen LogP contribution in [0.1, 0.15) is 40.2 Å². The monoisotopic (exact) mass is 722 g/mol. The molecule has 4 aromatic rings. The van der Waals surface area contributed by atoms with Gasteiger partial charge in [0, 0.05) is 22.0 Å². The van der Waals surface area contributed by atoms with Gasteiger partial charge in [-0.05, 0) is 72.4 Å². The maximum Gasteiger partial charge on any atom is 0.339 e. The Hall–Kier alpha value is -5.45. The van der Waals surface area contributed by atoms with Crippen LogP contribution in [0.3, 0.4) is 0 Å². The second-order valence-corrected chi connectivity index (χ2v) is 14.2. The van der Waals surface area contributed by atoms with Crippen molar-refractivity contribution in [2.75, 3.05) is 9.80 Å². The number of allylic oxidation sites excluding steroid dienone is 2. The first-order valence-corrected chi connectivity index (χ1v) is 17.0. The molecule has 2 aliphatic heterocycles. The quantitative estimate of drug-likeness (QED) is 0.157. The molecule has 10 nitrogen and oxygen atoms in total. The highest BCUT2D eigenvalue weighted by Gasteiger charge is 2.70. The van der Waals surface area contributed by atoms with Crippen molar-refractivity contribution in [1.29, 1.82) is 0 Å². The predicted octanol–water partition coefficient (Wildman–Crippen LogP) is 6.47. The van der Waals surface area contributed by atoms with Crippen LogP contribution >= 0.6 is 23.2 Å². The number of carbonyl (C=O) groups excluding carboxylic acids is 4. The highest BCUT2D eigenvalue weighted by atomic mass is 35.5. The number of phenolic OH excluding ortho intramolecular Hbond substituents is 1. The molecule has 4 amide bonds. The van der Waals surface area contributed by atoms with Crippen LogP contribution in [0.2, 0.25) is 10.0 Å². The summed E-state index contributed by atoms with van der Waals surface area (Å²) in [6.45, 7) is 0. The molecular formula is C39H28Cl2N2O8. The molecular weight excluding hydrogens is 695 g/mol. The second-order valence-electron chi connectivity index (χ2n) is 13.3. The highest BCUT2D eigenvalue weighted by Crippen LogP contribution is 2.65. The summed E-state index contributed by atoms with van der Waals surface area (Å²) in [7, 11) is 0. The molecule has 0 spiro atoms. The van der Waals surface area contributed by atoms with Gasteiger partial charge in [-0.25, -0.2) is 14.6 Å². The number of carboxylic acids is 1. The Morgan fingerprint density at radius 2 is 1.51 bits per heavy atom. The average Bonchev–Trinajstić information content (AvgIpc) is 3.49. The lowest BCUT2D eigenvalue weighted by Crippen LogP contribution is -2.53. The molecule has 0 aromatic heterocycles. The van der Waals surface area contributed by atoms with Gasteiger partial charge in [0.15, 0.2) is 0 Å². The van der Waals surface area contributed by atoms with E-state index in [1.54, 1.807) is 54.6 Å². The molecule has 4 aromatic carbocycles. The number of aromatic hydroxyl groups is 2. The van der Waals surface area contributed by atoms with Crippen LogP contribution in [-0.2, 0) is 24.6 Å². The number of phenols is 2. The molecule has 8 rings (SSSR count). The summed E-state index contributed by atoms with van der Waals surface area (Å²) in [5.74, 6) is -8.48. The molecule has 3 fully saturated rings. The van der Waals surface area contributed by atoms with Crippen LogP contribution in [0.4, 0.5) is 11.4 Å². The first-order valence-electron chi connectivity index (χ1n) is 16.3. The van der Waals surface area contributed by atoms with Crippen LogP contribution in [0.15, 0.2) is 103 Å². The molecule has 1 saturated carbocycles. The van der Waals surface area contributed by atoms with Gasteiger partial charge in [-0.15, -0.1) is 0 Å². The van der Waals surface area contributed by atoms with Crippen LogP contribution in [0.5, 0.6) is 11.5 Å². The molecule has 2 heterocycles. The van der Waals surface area contributed by atoms with Gasteiger partial charge >= 0.3 is 5.97 Å². The lowest BCUT2D eigenvalue weighted by molar-refractivity contribution is -0.127. The summed E-state index contributed by atoms with van der Waals surface area (Å²) in [5.41, 5.74) is 0.0924. The zero-order valence-corrected chi connectivity index (χ0v) is 28.1. The van der Waals surface area contributed by atoms with E-state index < -0.39 is 70.4 Å². The van der Waals surface area contributed by atoms with Crippen molar-refractivity contribution in [2.24, 2.45) is 23.7 Å². The second kappa shape index (κ2) is 11.8. The van der Waals surface area contributed by atoms with Crippen molar-refractivity contribution in [3.8, 4) is 11.5 Å². The molecule has 2 saturated heterocycles. The topological polar surface area (TPSA) is 153 Å². The van der Waals surface area contributed by atoms with E-state index in [-0.39, 0.29) is 40.6 Å². The number of hydrogen-bond donors (Lipinski definition) is 3. The van der Waals surface area contributed by atoms with Gasteiger partial charge < -0.3 is 15.3 Å². The van der Waals surface area contributed by atoms with Gasteiger partial charge in [-0.1, -0.05) is 77.3 Å². The number of nitrogens with zero attached hydrogens (tertiary/aromatic N) is 2. The SMILES string of the molecule is O=C(O)c1ccc(N2C(=O)[C@H]3[C@H](CC=C4[C@H]3C[C@H]3C(=O)N(c5cccc(Cl)c5)C(=O)[C@@]3(c3ccccc3)[C@H]4c3ccc(O)cc3Cl)C2=O)cc1O. The Bertz CT molecular complexity index is 2240. The molecule has 3 N–H and O–H groups in total. The number of fused-ring (bicyclic) bond motifs is 4. The number of halogens is 2. The van der Waals surface area contributed by atoms with Gasteiger partial charge in [0.2, 0.25) is 23.6 Å². The number of hydrogen-bond acceptors (Lipinski definition) is 7. The summed E-state index contributed by atoms with van der Waals surface area (Å²) in [5, 5.41) is 30.7. The smallest absolute Gasteiger partial charge is 0.339 e. The molecule has 0 bridgehead atoms. The summed E-state index contributed by atoms with van der Waals surface area (Å²) < 4.78 is 0. The zero-order valence-electron chi connectivity index (χ0n) is 26.6. The van der Waals surface area contributed by atoms with Crippen LogP contribution in [-0.4, -0.2) is 44.9 Å². The fourth-order valence-electron chi connectivity index (χ4n) is 8.93. The van der Waals surface area contributed by atoms with Crippen molar-refractivity contribution < 1.29 is 39.3 Å². The number of aromatic carboxylic acids is 1. The van der Waals surface area contributed by atoms with E-state index in [2.05, 4.69) is 0 Å². The minimum absolute atomic E-state index is 0.0234. The van der Waals surface area contributed by atoms with E-state index in [1.807, 2.05) is 12.1 Å². The van der Waals surface area contributed by atoms with E-state index in [1.165, 1.54) is 18.2 Å². The lowest BCUT2D eigenvalue weighted by Gasteiger charge is -2.51. The lowest BCUT2D eigenvalue weighted by atomic mass is 9.49. The van der Waals surface area contributed by atoms with Crippen molar-refractivity contribution in [1.82, 2.24) is 0 Å². The normalized spacial score (nSPS) is 26.9. The molecule has 51 heavy (non-hydrogen) atoms. The minimum atomic E-state index is -1.54. The summed E-state index contributed by atoms with van der Waals surface area (Å²) >= 11 is 13.3. The Labute approximate surface area is 301 Å². The van der Waals surface area contributed by atoms with E-state index in [0.717, 1.165) is 21.9 Å². The van der Waals surface area contributed by atoms with Gasteiger partial charge in [0.25, 0.3) is 0 Å². The standard InChI is InChI=1S/C39H28Cl2N2O8/c40-20-7-4-8-21(15-20)43-35(47)29-18-28-24(13-14-27-32(28)36(48)42(34(27)46)22-9-11-26(37(49)50)31(45)16-22)33(25-12-10-23(44)17-30(25)41)39(29,38(43)51)19-5-2-1-3-6-19/h1-13,15-17,27-29,32-33,44-45H,14,18H2,(H,49,50)/t27-,28+,29-,32-,33+,39+/m0/s1.